The molecule has 1 aromatic heterocycles. The van der Waals surface area contributed by atoms with E-state index >= 15 is 0 Å². The van der Waals surface area contributed by atoms with Crippen molar-refractivity contribution in [2.24, 2.45) is 10.7 Å². The van der Waals surface area contributed by atoms with Crippen LogP contribution in [-0.4, -0.2) is 72.2 Å². The Morgan fingerprint density at radius 1 is 1.24 bits per heavy atom. The maximum Gasteiger partial charge on any atom is 0.251 e. The molecule has 0 radical (unpaired) electrons. The van der Waals surface area contributed by atoms with Crippen molar-refractivity contribution in [3.8, 4) is 0 Å². The SMILES string of the molecule is CNC(=O)C1C=NC(N2CCN(c3nc4c(C(N)=O)cc(F)cc4[nH]3)CC2)=CN1. The van der Waals surface area contributed by atoms with E-state index in [0.29, 0.717) is 43.2 Å². The summed E-state index contributed by atoms with van der Waals surface area (Å²) in [5.74, 6) is -0.0947. The Kier molecular flexibility index (Phi) is 4.79. The van der Waals surface area contributed by atoms with Gasteiger partial charge < -0.3 is 31.2 Å². The Morgan fingerprint density at radius 2 is 1.97 bits per heavy atom. The summed E-state index contributed by atoms with van der Waals surface area (Å²) >= 11 is 0. The van der Waals surface area contributed by atoms with E-state index in [9.17, 15) is 14.0 Å². The minimum absolute atomic E-state index is 0.0552. The van der Waals surface area contributed by atoms with Crippen molar-refractivity contribution in [2.75, 3.05) is 38.1 Å². The van der Waals surface area contributed by atoms with Gasteiger partial charge in [0.05, 0.1) is 11.1 Å². The zero-order valence-electron chi connectivity index (χ0n) is 15.8. The summed E-state index contributed by atoms with van der Waals surface area (Å²) in [5.41, 5.74) is 6.19. The standard InChI is InChI=1S/C18H21FN8O2/c1-21-17(29)13-8-23-14(9-22-13)26-2-4-27(5-3-26)18-24-12-7-10(19)6-11(16(20)28)15(12)25-18/h6-9,13,22H,2-5H2,1H3,(H2,20,28)(H,21,29)(H,24,25). The van der Waals surface area contributed by atoms with Crippen LogP contribution >= 0.6 is 0 Å². The lowest BCUT2D eigenvalue weighted by molar-refractivity contribution is -0.120. The average Bonchev–Trinajstić information content (AvgIpc) is 3.16. The number of nitrogens with two attached hydrogens (primary N) is 1. The topological polar surface area (TPSA) is 132 Å². The third-order valence-corrected chi connectivity index (χ3v) is 4.98. The van der Waals surface area contributed by atoms with Crippen molar-refractivity contribution in [1.82, 2.24) is 25.5 Å². The maximum atomic E-state index is 13.7. The molecule has 0 bridgehead atoms. The summed E-state index contributed by atoms with van der Waals surface area (Å²) in [4.78, 5) is 39.2. The van der Waals surface area contributed by atoms with Crippen LogP contribution in [0.5, 0.6) is 0 Å². The molecule has 2 aromatic rings. The van der Waals surface area contributed by atoms with Crippen LogP contribution in [0.25, 0.3) is 11.0 Å². The number of hydrogen-bond donors (Lipinski definition) is 4. The normalized spacial score (nSPS) is 19.1. The van der Waals surface area contributed by atoms with E-state index < -0.39 is 17.8 Å². The number of aromatic nitrogens is 2. The number of fused-ring (bicyclic) bond motifs is 1. The molecule has 1 saturated heterocycles. The molecule has 29 heavy (non-hydrogen) atoms. The van der Waals surface area contributed by atoms with Gasteiger partial charge in [0.2, 0.25) is 11.9 Å². The summed E-state index contributed by atoms with van der Waals surface area (Å²) < 4.78 is 13.7. The van der Waals surface area contributed by atoms with Crippen LogP contribution in [0.15, 0.2) is 29.1 Å². The minimum Gasteiger partial charge on any atom is -0.372 e. The molecular formula is C18H21FN8O2. The van der Waals surface area contributed by atoms with E-state index in [1.54, 1.807) is 19.5 Å². The first-order valence-corrected chi connectivity index (χ1v) is 9.17. The number of piperazine rings is 1. The molecule has 1 atom stereocenters. The molecule has 0 aliphatic carbocycles. The molecule has 5 N–H and O–H groups in total. The minimum atomic E-state index is -0.720. The summed E-state index contributed by atoms with van der Waals surface area (Å²) in [6, 6.07) is 1.92. The van der Waals surface area contributed by atoms with Gasteiger partial charge in [-0.15, -0.1) is 0 Å². The zero-order chi connectivity index (χ0) is 20.5. The second-order valence-electron chi connectivity index (χ2n) is 6.79. The van der Waals surface area contributed by atoms with E-state index in [1.807, 2.05) is 4.90 Å². The van der Waals surface area contributed by atoms with E-state index in [4.69, 9.17) is 5.73 Å². The van der Waals surface area contributed by atoms with Crippen LogP contribution in [0.4, 0.5) is 10.3 Å². The van der Waals surface area contributed by atoms with Gasteiger partial charge in [-0.3, -0.25) is 9.59 Å². The first-order chi connectivity index (χ1) is 14.0. The second kappa shape index (κ2) is 7.41. The molecule has 2 amide bonds. The Balaban J connectivity index is 1.45. The highest BCUT2D eigenvalue weighted by Crippen LogP contribution is 2.24. The summed E-state index contributed by atoms with van der Waals surface area (Å²) in [6.07, 6.45) is 3.32. The molecule has 10 nitrogen and oxygen atoms in total. The average molecular weight is 400 g/mol. The number of nitrogens with zero attached hydrogens (tertiary/aromatic N) is 4. The number of carbonyl (C=O) groups excluding carboxylic acids is 2. The second-order valence-corrected chi connectivity index (χ2v) is 6.79. The van der Waals surface area contributed by atoms with E-state index in [-0.39, 0.29) is 11.5 Å². The van der Waals surface area contributed by atoms with Gasteiger partial charge in [0, 0.05) is 45.6 Å². The molecule has 0 saturated carbocycles. The molecule has 2 aliphatic heterocycles. The Hall–Kier alpha value is -3.63. The number of nitrogens with one attached hydrogen (secondary N) is 3. The number of amides is 2. The Bertz CT molecular complexity index is 1020. The fraction of sp³-hybridized carbons (Fsp3) is 0.333. The lowest BCUT2D eigenvalue weighted by Crippen LogP contribution is -2.48. The highest BCUT2D eigenvalue weighted by Gasteiger charge is 2.24. The van der Waals surface area contributed by atoms with Crippen LogP contribution < -0.4 is 21.3 Å². The molecule has 1 unspecified atom stereocenters. The molecule has 1 aromatic carbocycles. The summed E-state index contributed by atoms with van der Waals surface area (Å²) in [6.45, 7) is 2.67. The molecule has 1 fully saturated rings. The van der Waals surface area contributed by atoms with Crippen molar-refractivity contribution in [1.29, 1.82) is 0 Å². The zero-order valence-corrected chi connectivity index (χ0v) is 15.8. The number of likely N-dealkylation sites (N-methyl/N-ethyl adjacent to an activating group) is 1. The van der Waals surface area contributed by atoms with Crippen molar-refractivity contribution in [3.05, 3.63) is 35.5 Å². The van der Waals surface area contributed by atoms with E-state index in [1.165, 1.54) is 6.07 Å². The van der Waals surface area contributed by atoms with Gasteiger partial charge in [-0.25, -0.2) is 14.4 Å². The monoisotopic (exact) mass is 400 g/mol. The first-order valence-electron chi connectivity index (χ1n) is 9.17. The Labute approximate surface area is 165 Å². The van der Waals surface area contributed by atoms with Crippen LogP contribution in [-0.2, 0) is 4.79 Å². The highest BCUT2D eigenvalue weighted by atomic mass is 19.1. The molecule has 4 rings (SSSR count). The number of benzene rings is 1. The third-order valence-electron chi connectivity index (χ3n) is 4.98. The van der Waals surface area contributed by atoms with Crippen LogP contribution in [0.3, 0.4) is 0 Å². The third kappa shape index (κ3) is 3.58. The number of rotatable bonds is 4. The summed E-state index contributed by atoms with van der Waals surface area (Å²) in [7, 11) is 1.58. The van der Waals surface area contributed by atoms with Crippen molar-refractivity contribution < 1.29 is 14.0 Å². The number of hydrogen-bond acceptors (Lipinski definition) is 7. The van der Waals surface area contributed by atoms with Gasteiger partial charge in [-0.05, 0) is 12.1 Å². The smallest absolute Gasteiger partial charge is 0.251 e. The van der Waals surface area contributed by atoms with Gasteiger partial charge in [0.1, 0.15) is 23.2 Å². The number of imidazole rings is 1. The quantitative estimate of drug-likeness (QED) is 0.548. The first kappa shape index (κ1) is 18.7. The highest BCUT2D eigenvalue weighted by molar-refractivity contribution is 6.04. The Morgan fingerprint density at radius 3 is 2.59 bits per heavy atom. The fourth-order valence-electron chi connectivity index (χ4n) is 3.42. The number of H-pyrrole nitrogens is 1. The van der Waals surface area contributed by atoms with E-state index in [2.05, 4.69) is 30.5 Å². The summed E-state index contributed by atoms with van der Waals surface area (Å²) in [5, 5.41) is 5.60. The van der Waals surface area contributed by atoms with Crippen LogP contribution in [0, 0.1) is 5.82 Å². The molecule has 3 heterocycles. The molecule has 0 spiro atoms. The lowest BCUT2D eigenvalue weighted by Gasteiger charge is -2.36. The van der Waals surface area contributed by atoms with Gasteiger partial charge >= 0.3 is 0 Å². The predicted molar refractivity (Wildman–Crippen MR) is 106 cm³/mol. The van der Waals surface area contributed by atoms with Crippen molar-refractivity contribution >= 4 is 35.0 Å². The molecule has 11 heteroatoms. The fourth-order valence-corrected chi connectivity index (χ4v) is 3.42. The number of primary amides is 1. The van der Waals surface area contributed by atoms with Crippen molar-refractivity contribution in [3.63, 3.8) is 0 Å². The van der Waals surface area contributed by atoms with Crippen LogP contribution in [0.2, 0.25) is 0 Å². The van der Waals surface area contributed by atoms with Gasteiger partial charge in [-0.1, -0.05) is 0 Å². The largest absolute Gasteiger partial charge is 0.372 e. The van der Waals surface area contributed by atoms with Crippen molar-refractivity contribution in [2.45, 2.75) is 6.04 Å². The number of anilines is 1. The van der Waals surface area contributed by atoms with Crippen LogP contribution in [0.1, 0.15) is 10.4 Å². The predicted octanol–water partition coefficient (Wildman–Crippen LogP) is -0.490. The van der Waals surface area contributed by atoms with E-state index in [0.717, 1.165) is 11.9 Å². The lowest BCUT2D eigenvalue weighted by atomic mass is 10.1. The van der Waals surface area contributed by atoms with Gasteiger partial charge in [0.25, 0.3) is 5.91 Å². The number of aliphatic imine (C=N–C) groups is 1. The number of halogens is 1. The van der Waals surface area contributed by atoms with Gasteiger partial charge in [0.15, 0.2) is 0 Å². The molecule has 2 aliphatic rings. The molecular weight excluding hydrogens is 379 g/mol. The maximum absolute atomic E-state index is 13.7. The van der Waals surface area contributed by atoms with Gasteiger partial charge in [-0.2, -0.15) is 0 Å². The molecule has 152 valence electrons. The number of carbonyl (C=O) groups is 2. The number of aromatic amines is 1.